The summed E-state index contributed by atoms with van der Waals surface area (Å²) in [5.74, 6) is -0.268. The van der Waals surface area contributed by atoms with Crippen molar-refractivity contribution >= 4 is 50.4 Å². The number of hydrogen-bond acceptors (Lipinski definition) is 7. The van der Waals surface area contributed by atoms with E-state index in [0.29, 0.717) is 22.8 Å². The summed E-state index contributed by atoms with van der Waals surface area (Å²) < 4.78 is 39.2. The highest BCUT2D eigenvalue weighted by atomic mass is 32.2. The number of aromatic nitrogens is 2. The highest BCUT2D eigenvalue weighted by Gasteiger charge is 2.33. The lowest BCUT2D eigenvalue weighted by atomic mass is 10.1. The summed E-state index contributed by atoms with van der Waals surface area (Å²) in [4.78, 5) is 14.5. The van der Waals surface area contributed by atoms with Crippen LogP contribution in [-0.4, -0.2) is 56.8 Å². The molecule has 1 aromatic heterocycles. The number of nitrogens with zero attached hydrogens (tertiary/aromatic N) is 3. The molecule has 0 aliphatic carbocycles. The van der Waals surface area contributed by atoms with Crippen LogP contribution in [0.5, 0.6) is 5.75 Å². The van der Waals surface area contributed by atoms with Crippen molar-refractivity contribution in [1.29, 1.82) is 0 Å². The zero-order valence-electron chi connectivity index (χ0n) is 19.5. The zero-order valence-corrected chi connectivity index (χ0v) is 22.0. The van der Waals surface area contributed by atoms with Gasteiger partial charge >= 0.3 is 0 Å². The number of thiocarbonyl (C=S) groups is 1. The average Bonchev–Trinajstić information content (AvgIpc) is 3.39. The number of para-hydroxylation sites is 1. The number of unbranched alkanes of at least 4 members (excludes halogenated alkanes) is 1. The summed E-state index contributed by atoms with van der Waals surface area (Å²) in [5.41, 5.74) is 3.03. The predicted octanol–water partition coefficient (Wildman–Crippen LogP) is 4.81. The minimum atomic E-state index is -4.23. The molecule has 1 aliphatic heterocycles. The van der Waals surface area contributed by atoms with Crippen LogP contribution in [0, 0.1) is 0 Å². The maximum atomic E-state index is 13.0. The lowest BCUT2D eigenvalue weighted by Gasteiger charge is -2.12. The van der Waals surface area contributed by atoms with E-state index in [1.165, 1.54) is 4.90 Å². The van der Waals surface area contributed by atoms with Gasteiger partial charge in [0.15, 0.2) is 0 Å². The van der Waals surface area contributed by atoms with Crippen LogP contribution in [-0.2, 0) is 14.9 Å². The Morgan fingerprint density at radius 3 is 2.67 bits per heavy atom. The number of ether oxygens (including phenoxy) is 1. The van der Waals surface area contributed by atoms with Crippen molar-refractivity contribution < 1.29 is 22.5 Å². The van der Waals surface area contributed by atoms with Crippen LogP contribution >= 0.6 is 24.0 Å². The Bertz CT molecular complexity index is 1400. The molecule has 11 heteroatoms. The van der Waals surface area contributed by atoms with Crippen molar-refractivity contribution in [3.05, 3.63) is 71.3 Å². The zero-order chi connectivity index (χ0) is 25.7. The molecule has 1 N–H and O–H groups in total. The van der Waals surface area contributed by atoms with Crippen LogP contribution in [0.3, 0.4) is 0 Å². The van der Waals surface area contributed by atoms with Gasteiger partial charge in [0, 0.05) is 23.9 Å². The Morgan fingerprint density at radius 2 is 1.94 bits per heavy atom. The van der Waals surface area contributed by atoms with Crippen LogP contribution in [0.4, 0.5) is 0 Å². The van der Waals surface area contributed by atoms with Gasteiger partial charge in [-0.15, -0.1) is 0 Å². The summed E-state index contributed by atoms with van der Waals surface area (Å²) >= 11 is 6.37. The fourth-order valence-electron chi connectivity index (χ4n) is 3.54. The lowest BCUT2D eigenvalue weighted by Crippen LogP contribution is -2.32. The van der Waals surface area contributed by atoms with Gasteiger partial charge in [-0.2, -0.15) is 13.5 Å². The first kappa shape index (κ1) is 26.1. The number of hydrogen-bond donors (Lipinski definition) is 1. The summed E-state index contributed by atoms with van der Waals surface area (Å²) in [6.07, 6.45) is 5.53. The smallest absolute Gasteiger partial charge is 0.266 e. The number of rotatable bonds is 10. The van der Waals surface area contributed by atoms with Crippen LogP contribution in [0.25, 0.3) is 23.0 Å². The van der Waals surface area contributed by atoms with Gasteiger partial charge in [0.25, 0.3) is 16.0 Å². The molecule has 2 heterocycles. The summed E-state index contributed by atoms with van der Waals surface area (Å²) in [6, 6.07) is 17.3. The van der Waals surface area contributed by atoms with Crippen molar-refractivity contribution in [2.24, 2.45) is 0 Å². The second-order valence-electron chi connectivity index (χ2n) is 8.06. The molecule has 1 saturated heterocycles. The Balaban J connectivity index is 1.71. The molecule has 0 unspecified atom stereocenters. The van der Waals surface area contributed by atoms with Gasteiger partial charge in [-0.3, -0.25) is 14.2 Å². The van der Waals surface area contributed by atoms with Crippen molar-refractivity contribution in [3.8, 4) is 22.7 Å². The molecule has 4 rings (SSSR count). The van der Waals surface area contributed by atoms with Crippen molar-refractivity contribution in [1.82, 2.24) is 14.7 Å². The number of carbonyl (C=O) groups is 1. The third-order valence-corrected chi connectivity index (χ3v) is 7.45. The van der Waals surface area contributed by atoms with Crippen molar-refractivity contribution in [3.63, 3.8) is 0 Å². The Morgan fingerprint density at radius 1 is 1.17 bits per heavy atom. The molecule has 0 bridgehead atoms. The number of carbonyl (C=O) groups excluding carboxylic acids is 1. The van der Waals surface area contributed by atoms with Crippen LogP contribution in [0.15, 0.2) is 65.7 Å². The van der Waals surface area contributed by atoms with E-state index >= 15 is 0 Å². The Kier molecular flexibility index (Phi) is 8.24. The maximum Gasteiger partial charge on any atom is 0.266 e. The first-order valence-electron chi connectivity index (χ1n) is 11.3. The van der Waals surface area contributed by atoms with Gasteiger partial charge in [-0.25, -0.2) is 4.68 Å². The minimum Gasteiger partial charge on any atom is -0.494 e. The molecule has 8 nitrogen and oxygen atoms in total. The van der Waals surface area contributed by atoms with Gasteiger partial charge in [-0.05, 0) is 36.8 Å². The molecule has 3 aromatic rings. The van der Waals surface area contributed by atoms with E-state index in [9.17, 15) is 13.2 Å². The third-order valence-electron chi connectivity index (χ3n) is 5.37. The molecule has 1 aliphatic rings. The summed E-state index contributed by atoms with van der Waals surface area (Å²) in [5, 5.41) is 4.80. The van der Waals surface area contributed by atoms with Crippen LogP contribution < -0.4 is 4.74 Å². The Hall–Kier alpha value is -2.99. The molecule has 188 valence electrons. The van der Waals surface area contributed by atoms with E-state index in [4.69, 9.17) is 26.6 Å². The molecule has 0 spiro atoms. The van der Waals surface area contributed by atoms with E-state index < -0.39 is 21.8 Å². The molecular weight excluding hydrogens is 518 g/mol. The second kappa shape index (κ2) is 11.4. The van der Waals surface area contributed by atoms with E-state index in [1.807, 2.05) is 60.8 Å². The topological polar surface area (TPSA) is 102 Å². The van der Waals surface area contributed by atoms with E-state index in [2.05, 4.69) is 6.92 Å². The van der Waals surface area contributed by atoms with Crippen molar-refractivity contribution in [2.75, 3.05) is 18.9 Å². The monoisotopic (exact) mass is 543 g/mol. The van der Waals surface area contributed by atoms with Crippen molar-refractivity contribution in [2.45, 2.75) is 19.8 Å². The van der Waals surface area contributed by atoms with Gasteiger partial charge in [0.2, 0.25) is 0 Å². The maximum absolute atomic E-state index is 13.0. The van der Waals surface area contributed by atoms with E-state index in [0.717, 1.165) is 41.6 Å². The minimum absolute atomic E-state index is 0.214. The summed E-state index contributed by atoms with van der Waals surface area (Å²) in [6.45, 7) is 2.51. The molecule has 0 saturated carbocycles. The lowest BCUT2D eigenvalue weighted by molar-refractivity contribution is -0.121. The highest BCUT2D eigenvalue weighted by molar-refractivity contribution is 8.26. The fourth-order valence-corrected chi connectivity index (χ4v) is 5.25. The van der Waals surface area contributed by atoms with E-state index in [1.54, 1.807) is 10.8 Å². The average molecular weight is 544 g/mol. The standard InChI is InChI=1S/C25H25N3O5S3/c1-2-3-13-33-21-11-7-8-18(15-21)23-19(17-28(26-23)20-9-5-4-6-10-20)16-22-24(29)27(25(34)35-22)12-14-36(30,31)32/h4-11,15-17H,2-3,12-14H2,1H3,(H,30,31,32). The molecule has 2 aromatic carbocycles. The second-order valence-corrected chi connectivity index (χ2v) is 11.3. The van der Waals surface area contributed by atoms with E-state index in [-0.39, 0.29) is 10.9 Å². The molecule has 0 radical (unpaired) electrons. The third kappa shape index (κ3) is 6.41. The first-order chi connectivity index (χ1) is 17.2. The molecule has 1 amide bonds. The number of thioether (sulfide) groups is 1. The van der Waals surface area contributed by atoms with Gasteiger partial charge in [0.1, 0.15) is 15.8 Å². The molecular formula is C25H25N3O5S3. The number of benzene rings is 2. The normalized spacial score (nSPS) is 15.2. The molecule has 36 heavy (non-hydrogen) atoms. The molecule has 0 atom stereocenters. The van der Waals surface area contributed by atoms with Gasteiger partial charge in [0.05, 0.1) is 23.0 Å². The molecule has 1 fully saturated rings. The Labute approximate surface area is 219 Å². The highest BCUT2D eigenvalue weighted by Crippen LogP contribution is 2.35. The van der Waals surface area contributed by atoms with Gasteiger partial charge < -0.3 is 4.74 Å². The van der Waals surface area contributed by atoms with Crippen LogP contribution in [0.2, 0.25) is 0 Å². The number of amides is 1. The van der Waals surface area contributed by atoms with Gasteiger partial charge in [-0.1, -0.05) is 67.7 Å². The first-order valence-corrected chi connectivity index (χ1v) is 14.2. The largest absolute Gasteiger partial charge is 0.494 e. The predicted molar refractivity (Wildman–Crippen MR) is 146 cm³/mol. The fraction of sp³-hybridized carbons (Fsp3) is 0.240. The quantitative estimate of drug-likeness (QED) is 0.168. The summed E-state index contributed by atoms with van der Waals surface area (Å²) in [7, 11) is -4.23. The SMILES string of the molecule is CCCCOc1cccc(-c2nn(-c3ccccc3)cc2C=C2SC(=S)N(CCS(=O)(=O)O)C2=O)c1. The van der Waals surface area contributed by atoms with Crippen LogP contribution in [0.1, 0.15) is 25.3 Å².